The zero-order valence-electron chi connectivity index (χ0n) is 11.5. The van der Waals surface area contributed by atoms with Gasteiger partial charge in [-0.05, 0) is 12.1 Å². The molecule has 1 unspecified atom stereocenters. The van der Waals surface area contributed by atoms with Crippen LogP contribution in [0.5, 0.6) is 0 Å². The van der Waals surface area contributed by atoms with Gasteiger partial charge in [0.05, 0.1) is 19.0 Å². The molecule has 1 aromatic heterocycles. The van der Waals surface area contributed by atoms with Crippen molar-refractivity contribution in [2.24, 2.45) is 0 Å². The van der Waals surface area contributed by atoms with Gasteiger partial charge in [-0.2, -0.15) is 0 Å². The van der Waals surface area contributed by atoms with E-state index in [1.54, 1.807) is 31.3 Å². The summed E-state index contributed by atoms with van der Waals surface area (Å²) >= 11 is 0. The molecule has 1 aromatic rings. The van der Waals surface area contributed by atoms with E-state index in [1.807, 2.05) is 6.07 Å². The molecular weight excluding hydrogens is 248 g/mol. The molecule has 1 amide bonds. The maximum atomic E-state index is 11.3. The summed E-state index contributed by atoms with van der Waals surface area (Å²) in [6, 6.07) is 3.61. The minimum absolute atomic E-state index is 0.0658. The van der Waals surface area contributed by atoms with E-state index < -0.39 is 6.10 Å². The third-order valence-electron chi connectivity index (χ3n) is 2.53. The second kappa shape index (κ2) is 8.68. The predicted octanol–water partition coefficient (Wildman–Crippen LogP) is 0.225. The Labute approximate surface area is 113 Å². The van der Waals surface area contributed by atoms with Crippen molar-refractivity contribution in [3.8, 4) is 0 Å². The summed E-state index contributed by atoms with van der Waals surface area (Å²) in [6.45, 7) is 1.53. The van der Waals surface area contributed by atoms with E-state index in [9.17, 15) is 9.90 Å². The van der Waals surface area contributed by atoms with Crippen LogP contribution in [0.3, 0.4) is 0 Å². The van der Waals surface area contributed by atoms with Gasteiger partial charge in [-0.1, -0.05) is 0 Å². The Morgan fingerprint density at radius 2 is 2.37 bits per heavy atom. The topological polar surface area (TPSA) is 74.9 Å². The Hall–Kier alpha value is -1.37. The Bertz CT molecular complexity index is 352. The lowest BCUT2D eigenvalue weighted by Gasteiger charge is -2.13. The molecular formula is C13H22N2O4. The second-order valence-electron chi connectivity index (χ2n) is 4.49. The number of rotatable bonds is 9. The van der Waals surface area contributed by atoms with Gasteiger partial charge in [0.2, 0.25) is 5.91 Å². The molecule has 0 aliphatic heterocycles. The fraction of sp³-hybridized carbons (Fsp3) is 0.615. The third kappa shape index (κ3) is 6.95. The highest BCUT2D eigenvalue weighted by atomic mass is 16.5. The van der Waals surface area contributed by atoms with Gasteiger partial charge in [0.1, 0.15) is 12.4 Å². The zero-order valence-corrected chi connectivity index (χ0v) is 11.5. The summed E-state index contributed by atoms with van der Waals surface area (Å²) in [6.07, 6.45) is 1.41. The van der Waals surface area contributed by atoms with E-state index in [4.69, 9.17) is 9.15 Å². The maximum absolute atomic E-state index is 11.3. The monoisotopic (exact) mass is 270 g/mol. The van der Waals surface area contributed by atoms with Crippen molar-refractivity contribution >= 4 is 5.91 Å². The number of hydrogen-bond donors (Lipinski definition) is 2. The average Bonchev–Trinajstić information content (AvgIpc) is 2.87. The number of carbonyl (C=O) groups excluding carboxylic acids is 1. The fourth-order valence-corrected chi connectivity index (χ4v) is 1.44. The van der Waals surface area contributed by atoms with Crippen molar-refractivity contribution in [3.63, 3.8) is 0 Å². The lowest BCUT2D eigenvalue weighted by atomic mass is 10.3. The number of hydrogen-bond acceptors (Lipinski definition) is 5. The van der Waals surface area contributed by atoms with Gasteiger partial charge in [-0.25, -0.2) is 0 Å². The van der Waals surface area contributed by atoms with Crippen molar-refractivity contribution < 1.29 is 19.1 Å². The molecule has 0 aliphatic rings. The number of ether oxygens (including phenoxy) is 1. The maximum Gasteiger partial charge on any atom is 0.223 e. The molecule has 2 N–H and O–H groups in total. The number of nitrogens with one attached hydrogen (secondary N) is 1. The van der Waals surface area contributed by atoms with E-state index in [2.05, 4.69) is 5.32 Å². The lowest BCUT2D eigenvalue weighted by Crippen LogP contribution is -2.33. The van der Waals surface area contributed by atoms with Crippen LogP contribution in [-0.2, 0) is 16.1 Å². The van der Waals surface area contributed by atoms with Crippen LogP contribution in [0, 0.1) is 0 Å². The summed E-state index contributed by atoms with van der Waals surface area (Å²) in [7, 11) is 3.44. The fourth-order valence-electron chi connectivity index (χ4n) is 1.44. The molecule has 0 radical (unpaired) electrons. The Kier molecular flexibility index (Phi) is 7.17. The Balaban J connectivity index is 1.99. The minimum atomic E-state index is -0.593. The second-order valence-corrected chi connectivity index (χ2v) is 4.49. The number of aliphatic hydroxyl groups is 1. The van der Waals surface area contributed by atoms with Crippen molar-refractivity contribution in [1.29, 1.82) is 0 Å². The molecule has 0 aliphatic carbocycles. The first-order valence-corrected chi connectivity index (χ1v) is 6.28. The summed E-state index contributed by atoms with van der Waals surface area (Å²) in [4.78, 5) is 12.8. The van der Waals surface area contributed by atoms with Crippen molar-refractivity contribution in [2.75, 3.05) is 33.8 Å². The lowest BCUT2D eigenvalue weighted by molar-refractivity contribution is -0.128. The van der Waals surface area contributed by atoms with Gasteiger partial charge in [-0.15, -0.1) is 0 Å². The van der Waals surface area contributed by atoms with E-state index in [-0.39, 0.29) is 12.5 Å². The molecule has 19 heavy (non-hydrogen) atoms. The molecule has 0 saturated carbocycles. The highest BCUT2D eigenvalue weighted by molar-refractivity contribution is 5.75. The van der Waals surface area contributed by atoms with Gasteiger partial charge in [0.15, 0.2) is 0 Å². The normalized spacial score (nSPS) is 12.4. The van der Waals surface area contributed by atoms with Crippen LogP contribution in [-0.4, -0.2) is 55.8 Å². The van der Waals surface area contributed by atoms with E-state index >= 15 is 0 Å². The van der Waals surface area contributed by atoms with Gasteiger partial charge in [0.25, 0.3) is 0 Å². The van der Waals surface area contributed by atoms with Gasteiger partial charge >= 0.3 is 0 Å². The highest BCUT2D eigenvalue weighted by Gasteiger charge is 2.06. The molecule has 1 rings (SSSR count). The van der Waals surface area contributed by atoms with Crippen molar-refractivity contribution in [2.45, 2.75) is 19.1 Å². The summed E-state index contributed by atoms with van der Waals surface area (Å²) < 4.78 is 10.4. The first kappa shape index (κ1) is 15.7. The molecule has 0 aromatic carbocycles. The SMILES string of the molecule is CN(C)C(=O)CCNCC(O)COCc1ccco1. The summed E-state index contributed by atoms with van der Waals surface area (Å²) in [5, 5.41) is 12.7. The number of nitrogens with zero attached hydrogens (tertiary/aromatic N) is 1. The molecule has 6 nitrogen and oxygen atoms in total. The molecule has 108 valence electrons. The van der Waals surface area contributed by atoms with Crippen molar-refractivity contribution in [3.05, 3.63) is 24.2 Å². The van der Waals surface area contributed by atoms with E-state index in [0.717, 1.165) is 5.76 Å². The third-order valence-corrected chi connectivity index (χ3v) is 2.53. The molecule has 1 atom stereocenters. The van der Waals surface area contributed by atoms with Gasteiger partial charge in [0, 0.05) is 33.6 Å². The Morgan fingerprint density at radius 1 is 1.58 bits per heavy atom. The number of amides is 1. The van der Waals surface area contributed by atoms with Crippen LogP contribution in [0.2, 0.25) is 0 Å². The zero-order chi connectivity index (χ0) is 14.1. The highest BCUT2D eigenvalue weighted by Crippen LogP contribution is 2.01. The largest absolute Gasteiger partial charge is 0.467 e. The molecule has 1 heterocycles. The van der Waals surface area contributed by atoms with Crippen LogP contribution in [0.4, 0.5) is 0 Å². The van der Waals surface area contributed by atoms with Gasteiger partial charge in [-0.3, -0.25) is 4.79 Å². The van der Waals surface area contributed by atoms with Crippen LogP contribution >= 0.6 is 0 Å². The van der Waals surface area contributed by atoms with Crippen LogP contribution < -0.4 is 5.32 Å². The van der Waals surface area contributed by atoms with Gasteiger partial charge < -0.3 is 24.5 Å². The van der Waals surface area contributed by atoms with E-state index in [1.165, 1.54) is 0 Å². The molecule has 0 fully saturated rings. The van der Waals surface area contributed by atoms with Crippen molar-refractivity contribution in [1.82, 2.24) is 10.2 Å². The molecule has 0 saturated heterocycles. The Morgan fingerprint density at radius 3 is 3.00 bits per heavy atom. The summed E-state index contributed by atoms with van der Waals surface area (Å²) in [5.41, 5.74) is 0. The quantitative estimate of drug-likeness (QED) is 0.628. The molecule has 0 spiro atoms. The molecule has 0 bridgehead atoms. The smallest absolute Gasteiger partial charge is 0.223 e. The number of aliphatic hydroxyl groups excluding tert-OH is 1. The number of carbonyl (C=O) groups is 1. The first-order chi connectivity index (χ1) is 9.09. The van der Waals surface area contributed by atoms with Crippen LogP contribution in [0.25, 0.3) is 0 Å². The van der Waals surface area contributed by atoms with Crippen LogP contribution in [0.1, 0.15) is 12.2 Å². The van der Waals surface area contributed by atoms with Crippen LogP contribution in [0.15, 0.2) is 22.8 Å². The number of furan rings is 1. The first-order valence-electron chi connectivity index (χ1n) is 6.28. The molecule has 6 heteroatoms. The minimum Gasteiger partial charge on any atom is -0.467 e. The van der Waals surface area contributed by atoms with E-state index in [0.29, 0.717) is 26.1 Å². The standard InChI is InChI=1S/C13H22N2O4/c1-15(2)13(17)5-6-14-8-11(16)9-18-10-12-4-3-7-19-12/h3-4,7,11,14,16H,5-6,8-10H2,1-2H3. The summed E-state index contributed by atoms with van der Waals surface area (Å²) in [5.74, 6) is 0.799. The average molecular weight is 270 g/mol. The predicted molar refractivity (Wildman–Crippen MR) is 70.6 cm³/mol.